The zero-order chi connectivity index (χ0) is 33.6. The van der Waals surface area contributed by atoms with E-state index in [1.54, 1.807) is 35.4 Å². The number of ether oxygens (including phenoxy) is 6. The maximum atomic E-state index is 12.1. The fraction of sp³-hybridized carbons (Fsp3) is 0.579. The molecule has 0 saturated heterocycles. The molecule has 8 heteroatoms. The second kappa shape index (κ2) is 23.3. The van der Waals surface area contributed by atoms with Crippen LogP contribution in [0, 0.1) is 0 Å². The smallest absolute Gasteiger partial charge is 0.306 e. The molecule has 6 atom stereocenters. The zero-order valence-corrected chi connectivity index (χ0v) is 28.7. The van der Waals surface area contributed by atoms with Crippen LogP contribution in [0.5, 0.6) is 0 Å². The standard InChI is InChI=1S/C38H56O8/c1-7-37(39)45-31(29-19-11-9-12-20-29)23-15-16-24-33(41-3)34(42-4)27-18-28-36(44-6)35(43-5)26-17-25-32(46-38(40)8-2)30-21-13-10-14-22-30/h9-14,18-22,27,31-36H,7-8,15-17,23-26,28H2,1-6H3/b27-18+/t31-,32-,33-,34+,35-,36+/m0/s1. The van der Waals surface area contributed by atoms with Crippen molar-refractivity contribution in [2.45, 2.75) is 115 Å². The molecule has 0 unspecified atom stereocenters. The number of hydrogen-bond donors (Lipinski definition) is 0. The maximum Gasteiger partial charge on any atom is 0.306 e. The Morgan fingerprint density at radius 3 is 1.50 bits per heavy atom. The third kappa shape index (κ3) is 14.2. The van der Waals surface area contributed by atoms with Gasteiger partial charge in [-0.25, -0.2) is 0 Å². The summed E-state index contributed by atoms with van der Waals surface area (Å²) in [7, 11) is 6.81. The molecule has 0 radical (unpaired) electrons. The lowest BCUT2D eigenvalue weighted by Crippen LogP contribution is -2.30. The van der Waals surface area contributed by atoms with Crippen LogP contribution in [-0.2, 0) is 38.0 Å². The molecule has 0 spiro atoms. The van der Waals surface area contributed by atoms with Crippen molar-refractivity contribution in [1.29, 1.82) is 0 Å². The van der Waals surface area contributed by atoms with Crippen LogP contribution in [0.2, 0.25) is 0 Å². The van der Waals surface area contributed by atoms with Crippen LogP contribution in [0.3, 0.4) is 0 Å². The molecular formula is C38H56O8. The van der Waals surface area contributed by atoms with E-state index in [4.69, 9.17) is 28.4 Å². The number of carbonyl (C=O) groups is 2. The molecule has 46 heavy (non-hydrogen) atoms. The molecule has 0 amide bonds. The topological polar surface area (TPSA) is 89.5 Å². The van der Waals surface area contributed by atoms with Gasteiger partial charge in [0.25, 0.3) is 0 Å². The second-order valence-corrected chi connectivity index (χ2v) is 11.4. The van der Waals surface area contributed by atoms with E-state index >= 15 is 0 Å². The Hall–Kier alpha value is -3.04. The van der Waals surface area contributed by atoms with E-state index < -0.39 is 0 Å². The van der Waals surface area contributed by atoms with Gasteiger partial charge in [0.05, 0.1) is 18.3 Å². The van der Waals surface area contributed by atoms with E-state index in [0.717, 1.165) is 49.7 Å². The van der Waals surface area contributed by atoms with Crippen molar-refractivity contribution in [3.05, 3.63) is 83.9 Å². The summed E-state index contributed by atoms with van der Waals surface area (Å²) >= 11 is 0. The Labute approximate surface area is 276 Å². The van der Waals surface area contributed by atoms with Crippen molar-refractivity contribution in [3.8, 4) is 0 Å². The molecule has 0 aliphatic carbocycles. The third-order valence-electron chi connectivity index (χ3n) is 8.28. The Morgan fingerprint density at radius 2 is 1.04 bits per heavy atom. The van der Waals surface area contributed by atoms with E-state index in [1.165, 1.54) is 0 Å². The van der Waals surface area contributed by atoms with Gasteiger partial charge in [0.1, 0.15) is 18.3 Å². The van der Waals surface area contributed by atoms with Crippen molar-refractivity contribution in [2.75, 3.05) is 28.4 Å². The van der Waals surface area contributed by atoms with Crippen molar-refractivity contribution < 1.29 is 38.0 Å². The average molecular weight is 641 g/mol. The van der Waals surface area contributed by atoms with Crippen LogP contribution in [0.4, 0.5) is 0 Å². The first-order valence-corrected chi connectivity index (χ1v) is 16.7. The molecular weight excluding hydrogens is 584 g/mol. The average Bonchev–Trinajstić information content (AvgIpc) is 3.10. The van der Waals surface area contributed by atoms with Crippen molar-refractivity contribution in [2.24, 2.45) is 0 Å². The first-order valence-electron chi connectivity index (χ1n) is 16.7. The molecule has 8 nitrogen and oxygen atoms in total. The van der Waals surface area contributed by atoms with E-state index in [-0.39, 0.29) is 48.6 Å². The van der Waals surface area contributed by atoms with Gasteiger partial charge in [-0.05, 0) is 56.1 Å². The minimum absolute atomic E-state index is 0.116. The van der Waals surface area contributed by atoms with Crippen molar-refractivity contribution in [1.82, 2.24) is 0 Å². The molecule has 0 aliphatic heterocycles. The normalized spacial score (nSPS) is 15.5. The molecule has 2 rings (SSSR count). The van der Waals surface area contributed by atoms with Crippen LogP contribution in [0.15, 0.2) is 72.8 Å². The van der Waals surface area contributed by atoms with Gasteiger partial charge in [-0.3, -0.25) is 9.59 Å². The minimum Gasteiger partial charge on any atom is -0.457 e. The number of methoxy groups -OCH3 is 4. The predicted molar refractivity (Wildman–Crippen MR) is 180 cm³/mol. The third-order valence-corrected chi connectivity index (χ3v) is 8.28. The molecule has 0 fully saturated rings. The lowest BCUT2D eigenvalue weighted by atomic mass is 9.98. The highest BCUT2D eigenvalue weighted by molar-refractivity contribution is 5.69. The summed E-state index contributed by atoms with van der Waals surface area (Å²) in [5.74, 6) is -0.389. The van der Waals surface area contributed by atoms with Gasteiger partial charge in [0.15, 0.2) is 0 Å². The van der Waals surface area contributed by atoms with Crippen LogP contribution >= 0.6 is 0 Å². The number of rotatable bonds is 24. The Balaban J connectivity index is 1.89. The summed E-state index contributed by atoms with van der Waals surface area (Å²) in [4.78, 5) is 24.1. The molecule has 256 valence electrons. The minimum atomic E-state index is -0.281. The largest absolute Gasteiger partial charge is 0.457 e. The number of hydrogen-bond acceptors (Lipinski definition) is 8. The molecule has 0 N–H and O–H groups in total. The van der Waals surface area contributed by atoms with E-state index in [1.807, 2.05) is 73.7 Å². The van der Waals surface area contributed by atoms with Gasteiger partial charge >= 0.3 is 11.9 Å². The second-order valence-electron chi connectivity index (χ2n) is 11.4. The molecule has 0 aromatic heterocycles. The predicted octanol–water partition coefficient (Wildman–Crippen LogP) is 8.11. The first kappa shape index (κ1) is 39.1. The van der Waals surface area contributed by atoms with E-state index in [9.17, 15) is 9.59 Å². The monoisotopic (exact) mass is 640 g/mol. The maximum absolute atomic E-state index is 12.1. The summed E-state index contributed by atoms with van der Waals surface area (Å²) in [6.45, 7) is 3.62. The lowest BCUT2D eigenvalue weighted by molar-refractivity contribution is -0.150. The lowest BCUT2D eigenvalue weighted by Gasteiger charge is -2.26. The number of benzene rings is 2. The highest BCUT2D eigenvalue weighted by atomic mass is 16.6. The van der Waals surface area contributed by atoms with Gasteiger partial charge in [0, 0.05) is 41.3 Å². The van der Waals surface area contributed by atoms with E-state index in [2.05, 4.69) is 6.08 Å². The van der Waals surface area contributed by atoms with Gasteiger partial charge in [-0.1, -0.05) is 93.1 Å². The summed E-state index contributed by atoms with van der Waals surface area (Å²) in [5.41, 5.74) is 2.02. The van der Waals surface area contributed by atoms with Gasteiger partial charge in [0.2, 0.25) is 0 Å². The van der Waals surface area contributed by atoms with Gasteiger partial charge in [-0.15, -0.1) is 0 Å². The number of esters is 2. The molecule has 0 aliphatic rings. The summed E-state index contributed by atoms with van der Waals surface area (Å²) < 4.78 is 34.8. The molecule has 0 bridgehead atoms. The first-order chi connectivity index (χ1) is 22.4. The summed E-state index contributed by atoms with van der Waals surface area (Å²) in [6.07, 6.45) is 9.99. The van der Waals surface area contributed by atoms with Crippen molar-refractivity contribution >= 4 is 11.9 Å². The summed E-state index contributed by atoms with van der Waals surface area (Å²) in [5, 5.41) is 0. The SMILES string of the molecule is CCC(=O)O[C@@H](CCCC[C@H](OC)[C@@H](/C=C/C[C@@H](OC)[C@H](CCC[C@H](OC(=O)CC)c1ccccc1)OC)OC)c1ccccc1. The van der Waals surface area contributed by atoms with Crippen molar-refractivity contribution in [3.63, 3.8) is 0 Å². The Bertz CT molecular complexity index is 1110. The van der Waals surface area contributed by atoms with Crippen LogP contribution in [0.25, 0.3) is 0 Å². The molecule has 0 saturated carbocycles. The summed E-state index contributed by atoms with van der Waals surface area (Å²) in [6, 6.07) is 19.8. The van der Waals surface area contributed by atoms with E-state index in [0.29, 0.717) is 25.7 Å². The Morgan fingerprint density at radius 1 is 0.587 bits per heavy atom. The zero-order valence-electron chi connectivity index (χ0n) is 28.7. The molecule has 2 aromatic carbocycles. The van der Waals surface area contributed by atoms with Gasteiger partial charge < -0.3 is 28.4 Å². The van der Waals surface area contributed by atoms with Crippen LogP contribution in [0.1, 0.15) is 101 Å². The molecule has 2 aromatic rings. The quantitative estimate of drug-likeness (QED) is 0.0646. The Kier molecular flexibility index (Phi) is 19.8. The number of carbonyl (C=O) groups excluding carboxylic acids is 2. The van der Waals surface area contributed by atoms with Crippen LogP contribution in [-0.4, -0.2) is 64.8 Å². The fourth-order valence-electron chi connectivity index (χ4n) is 5.56. The van der Waals surface area contributed by atoms with Crippen LogP contribution < -0.4 is 0 Å². The molecule has 0 heterocycles. The highest BCUT2D eigenvalue weighted by Crippen LogP contribution is 2.27. The fourth-order valence-corrected chi connectivity index (χ4v) is 5.56. The highest BCUT2D eigenvalue weighted by Gasteiger charge is 2.24. The van der Waals surface area contributed by atoms with Gasteiger partial charge in [-0.2, -0.15) is 0 Å². The number of unbranched alkanes of at least 4 members (excludes halogenated alkanes) is 1.